The van der Waals surface area contributed by atoms with Gasteiger partial charge < -0.3 is 9.88 Å². The van der Waals surface area contributed by atoms with Gasteiger partial charge in [0.25, 0.3) is 5.91 Å². The van der Waals surface area contributed by atoms with Crippen molar-refractivity contribution in [3.63, 3.8) is 0 Å². The van der Waals surface area contributed by atoms with E-state index in [0.29, 0.717) is 12.1 Å². The molecule has 3 rings (SSSR count). The first-order chi connectivity index (χ1) is 11.7. The van der Waals surface area contributed by atoms with Crippen LogP contribution < -0.4 is 5.32 Å². The first kappa shape index (κ1) is 16.3. The van der Waals surface area contributed by atoms with E-state index in [2.05, 4.69) is 27.6 Å². The van der Waals surface area contributed by atoms with Gasteiger partial charge in [-0.1, -0.05) is 60.3 Å². The summed E-state index contributed by atoms with van der Waals surface area (Å²) in [5.74, 6) is 1.45. The Labute approximate surface area is 145 Å². The molecule has 6 heteroatoms. The number of amides is 1. The number of carbonyl (C=O) groups is 1. The summed E-state index contributed by atoms with van der Waals surface area (Å²) >= 11 is 1.63. The third-order valence-electron chi connectivity index (χ3n) is 3.58. The Bertz CT molecular complexity index is 802. The van der Waals surface area contributed by atoms with Crippen LogP contribution >= 0.6 is 11.8 Å². The van der Waals surface area contributed by atoms with Crippen LogP contribution in [0, 0.1) is 0 Å². The van der Waals surface area contributed by atoms with Gasteiger partial charge in [0, 0.05) is 18.4 Å². The molecule has 24 heavy (non-hydrogen) atoms. The molecule has 1 aromatic heterocycles. The van der Waals surface area contributed by atoms with Crippen LogP contribution in [0.2, 0.25) is 0 Å². The summed E-state index contributed by atoms with van der Waals surface area (Å²) in [6, 6.07) is 19.4. The summed E-state index contributed by atoms with van der Waals surface area (Å²) in [4.78, 5) is 12.1. The lowest BCUT2D eigenvalue weighted by Crippen LogP contribution is -2.24. The largest absolute Gasteiger partial charge is 0.345 e. The Morgan fingerprint density at radius 3 is 2.42 bits per heavy atom. The summed E-state index contributed by atoms with van der Waals surface area (Å²) in [5.41, 5.74) is 1.88. The number of thioether (sulfide) groups is 1. The summed E-state index contributed by atoms with van der Waals surface area (Å²) in [6.07, 6.45) is 0. The number of benzene rings is 2. The minimum atomic E-state index is -0.114. The number of nitrogens with zero attached hydrogens (tertiary/aromatic N) is 3. The molecule has 0 aliphatic rings. The predicted molar refractivity (Wildman–Crippen MR) is 94.6 cm³/mol. The van der Waals surface area contributed by atoms with Gasteiger partial charge in [-0.3, -0.25) is 4.79 Å². The molecule has 0 saturated carbocycles. The average Bonchev–Trinajstić information content (AvgIpc) is 2.99. The number of hydrogen-bond donors (Lipinski definition) is 1. The second-order valence-corrected chi connectivity index (χ2v) is 6.22. The minimum Gasteiger partial charge on any atom is -0.345 e. The maximum atomic E-state index is 12.1. The van der Waals surface area contributed by atoms with E-state index in [1.807, 2.05) is 48.0 Å². The zero-order valence-corrected chi connectivity index (χ0v) is 14.2. The van der Waals surface area contributed by atoms with Crippen LogP contribution in [0.25, 0.3) is 0 Å². The molecular formula is C18H18N4OS. The van der Waals surface area contributed by atoms with Crippen molar-refractivity contribution >= 4 is 17.7 Å². The van der Waals surface area contributed by atoms with Crippen molar-refractivity contribution < 1.29 is 4.79 Å². The molecule has 0 bridgehead atoms. The van der Waals surface area contributed by atoms with Gasteiger partial charge in [-0.25, -0.2) is 0 Å². The van der Waals surface area contributed by atoms with Crippen LogP contribution in [0.1, 0.15) is 21.7 Å². The molecule has 3 aromatic rings. The highest BCUT2D eigenvalue weighted by atomic mass is 32.2. The molecule has 0 saturated heterocycles. The Morgan fingerprint density at radius 1 is 1.04 bits per heavy atom. The first-order valence-electron chi connectivity index (χ1n) is 7.62. The fraction of sp³-hybridized carbons (Fsp3) is 0.167. The fourth-order valence-electron chi connectivity index (χ4n) is 2.20. The summed E-state index contributed by atoms with van der Waals surface area (Å²) < 4.78 is 1.92. The monoisotopic (exact) mass is 338 g/mol. The molecule has 0 atom stereocenters. The lowest BCUT2D eigenvalue weighted by molar-refractivity contribution is 0.0949. The molecule has 122 valence electrons. The molecule has 1 N–H and O–H groups in total. The molecule has 0 spiro atoms. The van der Waals surface area contributed by atoms with Crippen molar-refractivity contribution in [3.05, 3.63) is 77.6 Å². The van der Waals surface area contributed by atoms with Gasteiger partial charge in [-0.15, -0.1) is 10.2 Å². The molecule has 1 amide bonds. The molecular weight excluding hydrogens is 320 g/mol. The Hall–Kier alpha value is -2.60. The number of aromatic nitrogens is 3. The normalized spacial score (nSPS) is 10.5. The van der Waals surface area contributed by atoms with E-state index in [9.17, 15) is 4.79 Å². The van der Waals surface area contributed by atoms with Gasteiger partial charge in [-0.05, 0) is 17.7 Å². The van der Waals surface area contributed by atoms with Crippen molar-refractivity contribution in [1.82, 2.24) is 20.1 Å². The molecule has 2 aromatic carbocycles. The number of carbonyl (C=O) groups excluding carboxylic acids is 1. The van der Waals surface area contributed by atoms with Gasteiger partial charge in [0.05, 0.1) is 6.54 Å². The molecule has 0 aliphatic heterocycles. The topological polar surface area (TPSA) is 59.8 Å². The third kappa shape index (κ3) is 4.02. The van der Waals surface area contributed by atoms with Gasteiger partial charge in [0.2, 0.25) is 0 Å². The molecule has 0 fully saturated rings. The highest BCUT2D eigenvalue weighted by molar-refractivity contribution is 7.98. The van der Waals surface area contributed by atoms with E-state index in [-0.39, 0.29) is 5.91 Å². The fourth-order valence-corrected chi connectivity index (χ4v) is 3.08. The zero-order valence-electron chi connectivity index (χ0n) is 13.3. The van der Waals surface area contributed by atoms with E-state index in [4.69, 9.17) is 0 Å². The predicted octanol–water partition coefficient (Wildman–Crippen LogP) is 3.04. The van der Waals surface area contributed by atoms with Gasteiger partial charge >= 0.3 is 0 Å². The maximum absolute atomic E-state index is 12.1. The van der Waals surface area contributed by atoms with Crippen LogP contribution in [-0.2, 0) is 19.3 Å². The van der Waals surface area contributed by atoms with Crippen molar-refractivity contribution in [3.8, 4) is 0 Å². The Morgan fingerprint density at radius 2 is 1.71 bits per heavy atom. The van der Waals surface area contributed by atoms with Crippen molar-refractivity contribution in [2.45, 2.75) is 17.5 Å². The van der Waals surface area contributed by atoms with Gasteiger partial charge in [-0.2, -0.15) is 0 Å². The van der Waals surface area contributed by atoms with Crippen LogP contribution in [0.5, 0.6) is 0 Å². The van der Waals surface area contributed by atoms with Crippen LogP contribution in [0.4, 0.5) is 0 Å². The van der Waals surface area contributed by atoms with E-state index in [0.717, 1.165) is 16.7 Å². The van der Waals surface area contributed by atoms with E-state index in [1.54, 1.807) is 23.9 Å². The second-order valence-electron chi connectivity index (χ2n) is 5.28. The highest BCUT2D eigenvalue weighted by Crippen LogP contribution is 2.20. The highest BCUT2D eigenvalue weighted by Gasteiger charge is 2.11. The average molecular weight is 338 g/mol. The number of nitrogens with one attached hydrogen (secondary N) is 1. The van der Waals surface area contributed by atoms with Crippen LogP contribution in [0.3, 0.4) is 0 Å². The lowest BCUT2D eigenvalue weighted by Gasteiger charge is -2.06. The smallest absolute Gasteiger partial charge is 0.251 e. The third-order valence-corrected chi connectivity index (χ3v) is 4.67. The van der Waals surface area contributed by atoms with E-state index < -0.39 is 0 Å². The summed E-state index contributed by atoms with van der Waals surface area (Å²) in [5, 5.41) is 12.1. The molecule has 1 heterocycles. The van der Waals surface area contributed by atoms with Crippen molar-refractivity contribution in [1.29, 1.82) is 0 Å². The van der Waals surface area contributed by atoms with E-state index >= 15 is 0 Å². The minimum absolute atomic E-state index is 0.114. The van der Waals surface area contributed by atoms with Crippen LogP contribution in [0.15, 0.2) is 65.8 Å². The molecule has 5 nitrogen and oxygen atoms in total. The van der Waals surface area contributed by atoms with Crippen molar-refractivity contribution in [2.24, 2.45) is 7.05 Å². The summed E-state index contributed by atoms with van der Waals surface area (Å²) in [7, 11) is 1.91. The van der Waals surface area contributed by atoms with Gasteiger partial charge in [0.1, 0.15) is 0 Å². The molecule has 0 unspecified atom stereocenters. The number of hydrogen-bond acceptors (Lipinski definition) is 4. The molecule has 0 aliphatic carbocycles. The quantitative estimate of drug-likeness (QED) is 0.702. The summed E-state index contributed by atoms with van der Waals surface area (Å²) in [6.45, 7) is 0.350. The SMILES string of the molecule is Cn1c(CNC(=O)c2ccccc2)nnc1SCc1ccccc1. The zero-order chi connectivity index (χ0) is 16.8. The number of rotatable bonds is 6. The van der Waals surface area contributed by atoms with Gasteiger partial charge in [0.15, 0.2) is 11.0 Å². The van der Waals surface area contributed by atoms with Crippen LogP contribution in [-0.4, -0.2) is 20.7 Å². The maximum Gasteiger partial charge on any atom is 0.251 e. The lowest BCUT2D eigenvalue weighted by atomic mass is 10.2. The Balaban J connectivity index is 1.58. The molecule has 0 radical (unpaired) electrons. The standard InChI is InChI=1S/C18H18N4OS/c1-22-16(12-19-17(23)15-10-6-3-7-11-15)20-21-18(22)24-13-14-8-4-2-5-9-14/h2-11H,12-13H2,1H3,(H,19,23). The van der Waals surface area contributed by atoms with Crippen molar-refractivity contribution in [2.75, 3.05) is 0 Å². The van der Waals surface area contributed by atoms with E-state index in [1.165, 1.54) is 5.56 Å². The Kier molecular flexibility index (Phi) is 5.28. The first-order valence-corrected chi connectivity index (χ1v) is 8.61. The second kappa shape index (κ2) is 7.79.